The van der Waals surface area contributed by atoms with Crippen molar-refractivity contribution in [2.75, 3.05) is 11.1 Å². The van der Waals surface area contributed by atoms with Crippen molar-refractivity contribution in [3.63, 3.8) is 0 Å². The number of nitrogen functional groups attached to an aromatic ring is 1. The Hall–Kier alpha value is -1.55. The Morgan fingerprint density at radius 2 is 2.00 bits per heavy atom. The highest BCUT2D eigenvalue weighted by Gasteiger charge is 2.06. The third kappa shape index (κ3) is 2.58. The highest BCUT2D eigenvalue weighted by atomic mass is 79.9. The topological polar surface area (TPSA) is 38.0 Å². The fourth-order valence-electron chi connectivity index (χ4n) is 1.54. The van der Waals surface area contributed by atoms with Gasteiger partial charge >= 0.3 is 0 Å². The molecular weight excluding hydrogens is 283 g/mol. The van der Waals surface area contributed by atoms with Crippen LogP contribution in [0.1, 0.15) is 5.56 Å². The van der Waals surface area contributed by atoms with Crippen LogP contribution in [0.4, 0.5) is 21.5 Å². The van der Waals surface area contributed by atoms with Gasteiger partial charge < -0.3 is 11.1 Å². The van der Waals surface area contributed by atoms with E-state index in [4.69, 9.17) is 5.73 Å². The van der Waals surface area contributed by atoms with Gasteiger partial charge in [-0.3, -0.25) is 0 Å². The van der Waals surface area contributed by atoms with Gasteiger partial charge in [0.1, 0.15) is 5.82 Å². The maximum absolute atomic E-state index is 13.6. The molecule has 0 saturated heterocycles. The zero-order chi connectivity index (χ0) is 12.4. The molecule has 17 heavy (non-hydrogen) atoms. The smallest absolute Gasteiger partial charge is 0.148 e. The minimum absolute atomic E-state index is 0.314. The van der Waals surface area contributed by atoms with Crippen molar-refractivity contribution in [3.05, 3.63) is 52.3 Å². The number of hydrogen-bond acceptors (Lipinski definition) is 2. The quantitative estimate of drug-likeness (QED) is 0.814. The monoisotopic (exact) mass is 294 g/mol. The van der Waals surface area contributed by atoms with Crippen LogP contribution in [0.25, 0.3) is 0 Å². The molecule has 0 amide bonds. The Morgan fingerprint density at radius 1 is 1.24 bits per heavy atom. The number of aryl methyl sites for hydroxylation is 1. The molecule has 0 unspecified atom stereocenters. The van der Waals surface area contributed by atoms with Crippen LogP contribution < -0.4 is 11.1 Å². The molecule has 2 nitrogen and oxygen atoms in total. The fraction of sp³-hybridized carbons (Fsp3) is 0.0769. The molecule has 0 aliphatic heterocycles. The Bertz CT molecular complexity index is 535. The minimum atomic E-state index is -0.356. The first-order chi connectivity index (χ1) is 8.08. The van der Waals surface area contributed by atoms with Gasteiger partial charge in [0, 0.05) is 10.2 Å². The van der Waals surface area contributed by atoms with Gasteiger partial charge in [-0.2, -0.15) is 0 Å². The summed E-state index contributed by atoms with van der Waals surface area (Å²) in [6.45, 7) is 1.97. The van der Waals surface area contributed by atoms with Crippen LogP contribution in [-0.2, 0) is 0 Å². The van der Waals surface area contributed by atoms with Crippen LogP contribution in [0.3, 0.4) is 0 Å². The fourth-order valence-corrected chi connectivity index (χ4v) is 1.79. The molecule has 2 rings (SSSR count). The van der Waals surface area contributed by atoms with Crippen molar-refractivity contribution < 1.29 is 4.39 Å². The summed E-state index contributed by atoms with van der Waals surface area (Å²) in [4.78, 5) is 0. The standard InChI is InChI=1S/C13H12BrFN2/c1-8-7-9(5-6-10(8)14)17-13-11(15)3-2-4-12(13)16/h2-7,17H,16H2,1H3. The third-order valence-electron chi connectivity index (χ3n) is 2.47. The van der Waals surface area contributed by atoms with Gasteiger partial charge in [0.05, 0.1) is 11.4 Å². The highest BCUT2D eigenvalue weighted by molar-refractivity contribution is 9.10. The second-order valence-corrected chi connectivity index (χ2v) is 4.65. The third-order valence-corrected chi connectivity index (χ3v) is 3.36. The summed E-state index contributed by atoms with van der Waals surface area (Å²) in [6, 6.07) is 10.3. The van der Waals surface area contributed by atoms with E-state index < -0.39 is 0 Å². The van der Waals surface area contributed by atoms with Gasteiger partial charge in [0.2, 0.25) is 0 Å². The van der Waals surface area contributed by atoms with Crippen LogP contribution >= 0.6 is 15.9 Å². The first kappa shape index (κ1) is 11.9. The molecule has 0 fully saturated rings. The molecule has 0 spiro atoms. The van der Waals surface area contributed by atoms with Gasteiger partial charge in [-0.25, -0.2) is 4.39 Å². The van der Waals surface area contributed by atoms with E-state index in [1.54, 1.807) is 12.1 Å². The lowest BCUT2D eigenvalue weighted by Crippen LogP contribution is -1.99. The summed E-state index contributed by atoms with van der Waals surface area (Å²) in [7, 11) is 0. The molecule has 2 aromatic rings. The molecular formula is C13H12BrFN2. The summed E-state index contributed by atoms with van der Waals surface area (Å²) < 4.78 is 14.6. The van der Waals surface area contributed by atoms with E-state index in [-0.39, 0.29) is 5.82 Å². The molecule has 2 aromatic carbocycles. The molecule has 0 aliphatic rings. The number of halogens is 2. The molecule has 0 heterocycles. The summed E-state index contributed by atoms with van der Waals surface area (Å²) >= 11 is 3.42. The number of nitrogens with one attached hydrogen (secondary N) is 1. The average molecular weight is 295 g/mol. The zero-order valence-corrected chi connectivity index (χ0v) is 10.9. The van der Waals surface area contributed by atoms with Crippen molar-refractivity contribution in [1.29, 1.82) is 0 Å². The molecule has 0 saturated carbocycles. The Morgan fingerprint density at radius 3 is 2.65 bits per heavy atom. The summed E-state index contributed by atoms with van der Waals surface area (Å²) in [5.41, 5.74) is 8.32. The first-order valence-electron chi connectivity index (χ1n) is 5.15. The SMILES string of the molecule is Cc1cc(Nc2c(N)cccc2F)ccc1Br. The van der Waals surface area contributed by atoms with E-state index in [0.717, 1.165) is 15.7 Å². The van der Waals surface area contributed by atoms with Gasteiger partial charge in [0.15, 0.2) is 0 Å². The van der Waals surface area contributed by atoms with Gasteiger partial charge in [0.25, 0.3) is 0 Å². The molecule has 0 atom stereocenters. The van der Waals surface area contributed by atoms with E-state index in [1.807, 2.05) is 25.1 Å². The van der Waals surface area contributed by atoms with E-state index in [2.05, 4.69) is 21.2 Å². The lowest BCUT2D eigenvalue weighted by molar-refractivity contribution is 0.632. The van der Waals surface area contributed by atoms with Crippen LogP contribution in [0.5, 0.6) is 0 Å². The van der Waals surface area contributed by atoms with Crippen molar-refractivity contribution >= 4 is 33.0 Å². The van der Waals surface area contributed by atoms with E-state index in [9.17, 15) is 4.39 Å². The zero-order valence-electron chi connectivity index (χ0n) is 9.30. The van der Waals surface area contributed by atoms with Crippen molar-refractivity contribution in [3.8, 4) is 0 Å². The molecule has 88 valence electrons. The number of para-hydroxylation sites is 1. The highest BCUT2D eigenvalue weighted by Crippen LogP contribution is 2.28. The lowest BCUT2D eigenvalue weighted by Gasteiger charge is -2.11. The molecule has 0 radical (unpaired) electrons. The summed E-state index contributed by atoms with van der Waals surface area (Å²) in [5, 5.41) is 2.99. The number of benzene rings is 2. The largest absolute Gasteiger partial charge is 0.397 e. The van der Waals surface area contributed by atoms with E-state index in [0.29, 0.717) is 11.4 Å². The number of rotatable bonds is 2. The van der Waals surface area contributed by atoms with Crippen molar-refractivity contribution in [2.24, 2.45) is 0 Å². The van der Waals surface area contributed by atoms with Crippen LogP contribution in [0, 0.1) is 12.7 Å². The summed E-state index contributed by atoms with van der Waals surface area (Å²) in [5.74, 6) is -0.356. The van der Waals surface area contributed by atoms with Crippen LogP contribution in [-0.4, -0.2) is 0 Å². The molecule has 0 aliphatic carbocycles. The molecule has 4 heteroatoms. The van der Waals surface area contributed by atoms with Gasteiger partial charge in [-0.15, -0.1) is 0 Å². The molecule has 0 bridgehead atoms. The minimum Gasteiger partial charge on any atom is -0.397 e. The number of nitrogens with two attached hydrogens (primary N) is 1. The first-order valence-corrected chi connectivity index (χ1v) is 5.94. The van der Waals surface area contributed by atoms with Gasteiger partial charge in [-0.05, 0) is 42.8 Å². The Kier molecular flexibility index (Phi) is 3.33. The second kappa shape index (κ2) is 4.75. The lowest BCUT2D eigenvalue weighted by atomic mass is 10.2. The van der Waals surface area contributed by atoms with Crippen LogP contribution in [0.15, 0.2) is 40.9 Å². The number of anilines is 3. The van der Waals surface area contributed by atoms with E-state index >= 15 is 0 Å². The molecule has 0 aromatic heterocycles. The summed E-state index contributed by atoms with van der Waals surface area (Å²) in [6.07, 6.45) is 0. The second-order valence-electron chi connectivity index (χ2n) is 3.79. The van der Waals surface area contributed by atoms with Gasteiger partial charge in [-0.1, -0.05) is 22.0 Å². The maximum atomic E-state index is 13.6. The van der Waals surface area contributed by atoms with Crippen molar-refractivity contribution in [1.82, 2.24) is 0 Å². The molecule has 3 N–H and O–H groups in total. The predicted molar refractivity (Wildman–Crippen MR) is 73.0 cm³/mol. The van der Waals surface area contributed by atoms with Crippen LogP contribution in [0.2, 0.25) is 0 Å². The van der Waals surface area contributed by atoms with Crippen molar-refractivity contribution in [2.45, 2.75) is 6.92 Å². The maximum Gasteiger partial charge on any atom is 0.148 e. The Labute approximate surface area is 108 Å². The predicted octanol–water partition coefficient (Wildman–Crippen LogP) is 4.22. The van der Waals surface area contributed by atoms with E-state index in [1.165, 1.54) is 6.07 Å². The average Bonchev–Trinajstić information content (AvgIpc) is 2.28. The Balaban J connectivity index is 2.35. The number of hydrogen-bond donors (Lipinski definition) is 2. The normalized spacial score (nSPS) is 10.3.